The van der Waals surface area contributed by atoms with Gasteiger partial charge in [0.2, 0.25) is 0 Å². The third-order valence-corrected chi connectivity index (χ3v) is 3.04. The van der Waals surface area contributed by atoms with Crippen LogP contribution in [0.3, 0.4) is 0 Å². The molecule has 1 aromatic heterocycles. The van der Waals surface area contributed by atoms with Crippen molar-refractivity contribution < 1.29 is 31.0 Å². The Labute approximate surface area is 132 Å². The molecule has 0 aliphatic carbocycles. The van der Waals surface area contributed by atoms with Crippen molar-refractivity contribution in [2.75, 3.05) is 0 Å². The van der Waals surface area contributed by atoms with Crippen molar-refractivity contribution in [1.82, 2.24) is 10.2 Å². The standard InChI is InChI=1S/C11H8Cl2N2O.Na.H/c1-6-8(12)4-7(5-9(6)13)10-2-3-11(16)15-14-10;;/h2-5H,1H3,(H,15,16);;/q;+1;-1. The second kappa shape index (κ2) is 6.03. The van der Waals surface area contributed by atoms with Crippen LogP contribution in [0.2, 0.25) is 10.0 Å². The van der Waals surface area contributed by atoms with Crippen molar-refractivity contribution in [3.05, 3.63) is 50.2 Å². The molecule has 3 nitrogen and oxygen atoms in total. The molecule has 0 aliphatic rings. The van der Waals surface area contributed by atoms with Gasteiger partial charge in [0.1, 0.15) is 0 Å². The molecule has 0 aliphatic heterocycles. The SMILES string of the molecule is Cc1c(Cl)cc(-c2ccc(=O)[nH]n2)cc1Cl.[H-].[Na+]. The zero-order valence-corrected chi connectivity index (χ0v) is 12.9. The number of benzene rings is 1. The topological polar surface area (TPSA) is 45.8 Å². The van der Waals surface area contributed by atoms with E-state index >= 15 is 0 Å². The fourth-order valence-electron chi connectivity index (χ4n) is 1.30. The maximum absolute atomic E-state index is 10.9. The van der Waals surface area contributed by atoms with Gasteiger partial charge in [-0.3, -0.25) is 4.79 Å². The Morgan fingerprint density at radius 2 is 1.82 bits per heavy atom. The summed E-state index contributed by atoms with van der Waals surface area (Å²) >= 11 is 12.0. The van der Waals surface area contributed by atoms with Gasteiger partial charge in [0.15, 0.2) is 0 Å². The average molecular weight is 279 g/mol. The second-order valence-corrected chi connectivity index (χ2v) is 4.19. The quantitative estimate of drug-likeness (QED) is 0.756. The number of nitrogens with zero attached hydrogens (tertiary/aromatic N) is 1. The number of aromatic amines is 1. The molecule has 6 heteroatoms. The predicted octanol–water partition coefficient (Wildman–Crippen LogP) is 0.169. The van der Waals surface area contributed by atoms with Crippen LogP contribution in [0.15, 0.2) is 29.1 Å². The Kier molecular flexibility index (Phi) is 5.22. The van der Waals surface area contributed by atoms with Crippen molar-refractivity contribution >= 4 is 23.2 Å². The number of halogens is 2. The molecule has 0 saturated carbocycles. The summed E-state index contributed by atoms with van der Waals surface area (Å²) in [6.45, 7) is 1.84. The van der Waals surface area contributed by atoms with E-state index in [9.17, 15) is 4.79 Å². The Balaban J connectivity index is 0.00000144. The fourth-order valence-corrected chi connectivity index (χ4v) is 1.79. The Morgan fingerprint density at radius 3 is 2.29 bits per heavy atom. The molecule has 0 radical (unpaired) electrons. The minimum atomic E-state index is -0.243. The van der Waals surface area contributed by atoms with Gasteiger partial charge in [-0.25, -0.2) is 5.10 Å². The molecule has 0 atom stereocenters. The van der Waals surface area contributed by atoms with Crippen LogP contribution in [0.4, 0.5) is 0 Å². The number of H-pyrrole nitrogens is 1. The molecule has 2 rings (SSSR count). The van der Waals surface area contributed by atoms with E-state index in [1.807, 2.05) is 6.92 Å². The van der Waals surface area contributed by atoms with Crippen LogP contribution in [-0.2, 0) is 0 Å². The Hall–Kier alpha value is -0.320. The van der Waals surface area contributed by atoms with Crippen molar-refractivity contribution in [3.8, 4) is 11.3 Å². The second-order valence-electron chi connectivity index (χ2n) is 3.37. The van der Waals surface area contributed by atoms with Crippen molar-refractivity contribution in [2.45, 2.75) is 6.92 Å². The molecule has 0 fully saturated rings. The van der Waals surface area contributed by atoms with Crippen LogP contribution in [0.5, 0.6) is 0 Å². The van der Waals surface area contributed by atoms with E-state index in [4.69, 9.17) is 23.2 Å². The Bertz CT molecular complexity index is 560. The van der Waals surface area contributed by atoms with Gasteiger partial charge in [0, 0.05) is 21.7 Å². The molecule has 0 unspecified atom stereocenters. The maximum atomic E-state index is 10.9. The predicted molar refractivity (Wildman–Crippen MR) is 66.2 cm³/mol. The summed E-state index contributed by atoms with van der Waals surface area (Å²) in [5.74, 6) is 0. The van der Waals surface area contributed by atoms with Crippen molar-refractivity contribution in [1.29, 1.82) is 0 Å². The number of hydrogen-bond donors (Lipinski definition) is 1. The number of nitrogens with one attached hydrogen (secondary N) is 1. The van der Waals surface area contributed by atoms with Crippen LogP contribution >= 0.6 is 23.2 Å². The van der Waals surface area contributed by atoms with E-state index in [1.54, 1.807) is 18.2 Å². The molecule has 1 heterocycles. The smallest absolute Gasteiger partial charge is 1.00 e. The molecule has 84 valence electrons. The zero-order chi connectivity index (χ0) is 11.7. The first-order valence-electron chi connectivity index (χ1n) is 4.59. The molecule has 17 heavy (non-hydrogen) atoms. The van der Waals surface area contributed by atoms with E-state index in [2.05, 4.69) is 10.2 Å². The largest absolute Gasteiger partial charge is 1.00 e. The van der Waals surface area contributed by atoms with Gasteiger partial charge < -0.3 is 1.43 Å². The van der Waals surface area contributed by atoms with Crippen molar-refractivity contribution in [3.63, 3.8) is 0 Å². The molecule has 1 N–H and O–H groups in total. The minimum absolute atomic E-state index is 0. The normalized spacial score (nSPS) is 9.82. The van der Waals surface area contributed by atoms with Gasteiger partial charge >= 0.3 is 29.6 Å². The first-order valence-corrected chi connectivity index (χ1v) is 5.35. The summed E-state index contributed by atoms with van der Waals surface area (Å²) in [4.78, 5) is 10.9. The molecule has 0 amide bonds. The number of aromatic nitrogens is 2. The number of rotatable bonds is 1. The van der Waals surface area contributed by atoms with Crippen molar-refractivity contribution in [2.24, 2.45) is 0 Å². The molecule has 0 bridgehead atoms. The van der Waals surface area contributed by atoms with E-state index in [0.717, 1.165) is 11.1 Å². The zero-order valence-electron chi connectivity index (χ0n) is 10.4. The Morgan fingerprint density at radius 1 is 1.24 bits per heavy atom. The minimum Gasteiger partial charge on any atom is -1.00 e. The van der Waals surface area contributed by atoms with Gasteiger partial charge in [0.05, 0.1) is 5.69 Å². The molecular weight excluding hydrogens is 270 g/mol. The van der Waals surface area contributed by atoms with E-state index in [1.165, 1.54) is 6.07 Å². The molecule has 2 aromatic rings. The van der Waals surface area contributed by atoms with E-state index in [-0.39, 0.29) is 36.5 Å². The molecule has 0 spiro atoms. The summed E-state index contributed by atoms with van der Waals surface area (Å²) < 4.78 is 0. The van der Waals surface area contributed by atoms with Gasteiger partial charge in [0.25, 0.3) is 5.56 Å². The molecular formula is C11H9Cl2N2NaO. The first-order chi connectivity index (χ1) is 7.58. The summed E-state index contributed by atoms with van der Waals surface area (Å²) in [6, 6.07) is 6.56. The van der Waals surface area contributed by atoms with Gasteiger partial charge in [-0.1, -0.05) is 23.2 Å². The van der Waals surface area contributed by atoms with Gasteiger partial charge in [-0.15, -0.1) is 0 Å². The van der Waals surface area contributed by atoms with E-state index in [0.29, 0.717) is 15.7 Å². The van der Waals surface area contributed by atoms with Crippen LogP contribution < -0.4 is 35.1 Å². The maximum Gasteiger partial charge on any atom is 1.00 e. The number of hydrogen-bond acceptors (Lipinski definition) is 2. The van der Waals surface area contributed by atoms with Crippen LogP contribution in [0.1, 0.15) is 6.99 Å². The van der Waals surface area contributed by atoms with E-state index < -0.39 is 0 Å². The van der Waals surface area contributed by atoms with Gasteiger partial charge in [-0.2, -0.15) is 5.10 Å². The third-order valence-electron chi connectivity index (χ3n) is 2.26. The van der Waals surface area contributed by atoms with Crippen LogP contribution in [-0.4, -0.2) is 10.2 Å². The summed E-state index contributed by atoms with van der Waals surface area (Å²) in [7, 11) is 0. The fraction of sp³-hybridized carbons (Fsp3) is 0.0909. The first kappa shape index (κ1) is 14.7. The molecule has 0 saturated heterocycles. The van der Waals surface area contributed by atoms with Crippen LogP contribution in [0.25, 0.3) is 11.3 Å². The monoisotopic (exact) mass is 278 g/mol. The average Bonchev–Trinajstić information content (AvgIpc) is 2.26. The summed E-state index contributed by atoms with van der Waals surface area (Å²) in [5, 5.41) is 7.42. The van der Waals surface area contributed by atoms with Crippen LogP contribution in [0, 0.1) is 6.92 Å². The van der Waals surface area contributed by atoms with Gasteiger partial charge in [-0.05, 0) is 30.7 Å². The third kappa shape index (κ3) is 3.33. The molecule has 1 aromatic carbocycles. The summed E-state index contributed by atoms with van der Waals surface area (Å²) in [5.41, 5.74) is 1.99. The summed E-state index contributed by atoms with van der Waals surface area (Å²) in [6.07, 6.45) is 0.